The first-order valence-electron chi connectivity index (χ1n) is 5.58. The van der Waals surface area contributed by atoms with Crippen LogP contribution in [0.4, 0.5) is 5.88 Å². The predicted octanol–water partition coefficient (Wildman–Crippen LogP) is 3.78. The molecule has 1 aromatic carbocycles. The molecule has 0 saturated carbocycles. The number of hydrogen-bond acceptors (Lipinski definition) is 3. The Hall–Kier alpha value is -1.48. The number of hydrogen-bond donors (Lipinski definition) is 1. The second-order valence-corrected chi connectivity index (χ2v) is 4.86. The molecule has 2 aromatic rings. The summed E-state index contributed by atoms with van der Waals surface area (Å²) in [6, 6.07) is 7.56. The predicted molar refractivity (Wildman–Crippen MR) is 69.9 cm³/mol. The summed E-state index contributed by atoms with van der Waals surface area (Å²) in [6.07, 6.45) is 0.829. The molecule has 0 fully saturated rings. The van der Waals surface area contributed by atoms with Gasteiger partial charge < -0.3 is 10.3 Å². The number of rotatable bonds is 3. The molecule has 0 aliphatic heterocycles. The highest BCUT2D eigenvalue weighted by Crippen LogP contribution is 2.33. The molecule has 90 valence electrons. The fraction of sp³-hybridized carbons (Fsp3) is 0.308. The van der Waals surface area contributed by atoms with Gasteiger partial charge in [0.1, 0.15) is 5.69 Å². The Bertz CT molecular complexity index is 520. The maximum absolute atomic E-state index is 6.15. The number of nitrogen functional groups attached to an aromatic ring is 1. The van der Waals surface area contributed by atoms with Crippen molar-refractivity contribution in [3.05, 3.63) is 34.9 Å². The summed E-state index contributed by atoms with van der Waals surface area (Å²) in [7, 11) is 0. The smallest absolute Gasteiger partial charge is 0.225 e. The highest BCUT2D eigenvalue weighted by molar-refractivity contribution is 6.33. The number of anilines is 1. The van der Waals surface area contributed by atoms with Crippen molar-refractivity contribution in [3.63, 3.8) is 0 Å². The minimum Gasteiger partial charge on any atom is -0.367 e. The van der Waals surface area contributed by atoms with Crippen LogP contribution in [0.1, 0.15) is 19.4 Å². The van der Waals surface area contributed by atoms with Crippen molar-refractivity contribution < 1.29 is 4.52 Å². The average Bonchev–Trinajstić information content (AvgIpc) is 2.61. The minimum absolute atomic E-state index is 0.383. The van der Waals surface area contributed by atoms with Crippen molar-refractivity contribution in [3.8, 4) is 11.3 Å². The molecule has 0 bridgehead atoms. The molecule has 0 spiro atoms. The Morgan fingerprint density at radius 2 is 2.06 bits per heavy atom. The normalized spacial score (nSPS) is 11.1. The van der Waals surface area contributed by atoms with Gasteiger partial charge >= 0.3 is 0 Å². The second-order valence-electron chi connectivity index (χ2n) is 4.45. The van der Waals surface area contributed by atoms with Gasteiger partial charge in [0.2, 0.25) is 5.88 Å². The van der Waals surface area contributed by atoms with Gasteiger partial charge in [-0.3, -0.25) is 0 Å². The third kappa shape index (κ3) is 2.44. The third-order valence-corrected chi connectivity index (χ3v) is 2.89. The first kappa shape index (κ1) is 12.0. The molecular formula is C13H15ClN2O. The lowest BCUT2D eigenvalue weighted by atomic mass is 9.99. The number of aromatic nitrogens is 1. The molecule has 3 nitrogen and oxygen atoms in total. The van der Waals surface area contributed by atoms with Gasteiger partial charge in [-0.25, -0.2) is 0 Å². The van der Waals surface area contributed by atoms with Crippen molar-refractivity contribution in [1.29, 1.82) is 0 Å². The zero-order chi connectivity index (χ0) is 12.4. The summed E-state index contributed by atoms with van der Waals surface area (Å²) in [5, 5.41) is 4.67. The first-order chi connectivity index (χ1) is 8.09. The van der Waals surface area contributed by atoms with Gasteiger partial charge in [0, 0.05) is 11.1 Å². The quantitative estimate of drug-likeness (QED) is 0.902. The van der Waals surface area contributed by atoms with Gasteiger partial charge in [0.15, 0.2) is 0 Å². The topological polar surface area (TPSA) is 52.0 Å². The SMILES string of the molecule is CC(C)Cc1c(-c2ccccc2Cl)noc1N. The highest BCUT2D eigenvalue weighted by Gasteiger charge is 2.18. The summed E-state index contributed by atoms with van der Waals surface area (Å²) in [5.74, 6) is 0.867. The standard InChI is InChI=1S/C13H15ClN2O/c1-8(2)7-10-12(16-17-13(10)15)9-5-3-4-6-11(9)14/h3-6,8H,7,15H2,1-2H3. The van der Waals surface area contributed by atoms with Gasteiger partial charge in [-0.15, -0.1) is 0 Å². The van der Waals surface area contributed by atoms with E-state index in [2.05, 4.69) is 19.0 Å². The summed E-state index contributed by atoms with van der Waals surface area (Å²) < 4.78 is 5.08. The molecule has 0 atom stereocenters. The largest absolute Gasteiger partial charge is 0.367 e. The number of nitrogens with two attached hydrogens (primary N) is 1. The van der Waals surface area contributed by atoms with Crippen LogP contribution in [0.25, 0.3) is 11.3 Å². The van der Waals surface area contributed by atoms with Gasteiger partial charge in [-0.2, -0.15) is 0 Å². The van der Waals surface area contributed by atoms with E-state index in [1.165, 1.54) is 0 Å². The van der Waals surface area contributed by atoms with Crippen molar-refractivity contribution in [2.75, 3.05) is 5.73 Å². The molecule has 0 unspecified atom stereocenters. The van der Waals surface area contributed by atoms with E-state index in [4.69, 9.17) is 21.9 Å². The Labute approximate surface area is 106 Å². The summed E-state index contributed by atoms with van der Waals surface area (Å²) in [5.41, 5.74) is 8.36. The van der Waals surface area contributed by atoms with Crippen LogP contribution in [0.5, 0.6) is 0 Å². The molecule has 2 N–H and O–H groups in total. The zero-order valence-corrected chi connectivity index (χ0v) is 10.7. The Morgan fingerprint density at radius 1 is 1.35 bits per heavy atom. The second kappa shape index (κ2) is 4.80. The monoisotopic (exact) mass is 250 g/mol. The van der Waals surface area contributed by atoms with E-state index in [-0.39, 0.29) is 0 Å². The van der Waals surface area contributed by atoms with Crippen LogP contribution in [-0.2, 0) is 6.42 Å². The van der Waals surface area contributed by atoms with Crippen molar-refractivity contribution in [1.82, 2.24) is 5.16 Å². The molecule has 0 radical (unpaired) electrons. The van der Waals surface area contributed by atoms with Crippen molar-refractivity contribution in [2.24, 2.45) is 5.92 Å². The van der Waals surface area contributed by atoms with Crippen LogP contribution in [-0.4, -0.2) is 5.16 Å². The molecule has 4 heteroatoms. The maximum Gasteiger partial charge on any atom is 0.225 e. The van der Waals surface area contributed by atoms with Crippen LogP contribution < -0.4 is 5.73 Å². The summed E-state index contributed by atoms with van der Waals surface area (Å²) in [6.45, 7) is 4.26. The first-order valence-corrected chi connectivity index (χ1v) is 5.96. The van der Waals surface area contributed by atoms with Crippen LogP contribution in [0.3, 0.4) is 0 Å². The van der Waals surface area contributed by atoms with Gasteiger partial charge in [0.05, 0.1) is 5.02 Å². The van der Waals surface area contributed by atoms with E-state index < -0.39 is 0 Å². The van der Waals surface area contributed by atoms with E-state index >= 15 is 0 Å². The van der Waals surface area contributed by atoms with E-state index in [0.29, 0.717) is 16.8 Å². The molecule has 2 rings (SSSR count). The molecular weight excluding hydrogens is 236 g/mol. The Morgan fingerprint density at radius 3 is 2.71 bits per heavy atom. The lowest BCUT2D eigenvalue weighted by Crippen LogP contribution is -1.98. The van der Waals surface area contributed by atoms with E-state index in [0.717, 1.165) is 23.2 Å². The molecule has 0 amide bonds. The van der Waals surface area contributed by atoms with E-state index in [1.54, 1.807) is 0 Å². The lowest BCUT2D eigenvalue weighted by molar-refractivity contribution is 0.438. The highest BCUT2D eigenvalue weighted by atomic mass is 35.5. The van der Waals surface area contributed by atoms with Crippen LogP contribution in [0, 0.1) is 5.92 Å². The average molecular weight is 251 g/mol. The zero-order valence-electron chi connectivity index (χ0n) is 9.90. The third-order valence-electron chi connectivity index (χ3n) is 2.56. The van der Waals surface area contributed by atoms with E-state index in [1.807, 2.05) is 24.3 Å². The molecule has 1 heterocycles. The lowest BCUT2D eigenvalue weighted by Gasteiger charge is -2.06. The number of nitrogens with zero attached hydrogens (tertiary/aromatic N) is 1. The number of benzene rings is 1. The van der Waals surface area contributed by atoms with Gasteiger partial charge in [-0.1, -0.05) is 48.8 Å². The molecule has 1 aromatic heterocycles. The molecule has 0 aliphatic rings. The summed E-state index contributed by atoms with van der Waals surface area (Å²) >= 11 is 6.15. The molecule has 17 heavy (non-hydrogen) atoms. The van der Waals surface area contributed by atoms with Crippen LogP contribution >= 0.6 is 11.6 Å². The van der Waals surface area contributed by atoms with Crippen molar-refractivity contribution >= 4 is 17.5 Å². The Balaban J connectivity index is 2.49. The maximum atomic E-state index is 6.15. The summed E-state index contributed by atoms with van der Waals surface area (Å²) in [4.78, 5) is 0. The minimum atomic E-state index is 0.383. The van der Waals surface area contributed by atoms with Crippen LogP contribution in [0.15, 0.2) is 28.8 Å². The van der Waals surface area contributed by atoms with Crippen molar-refractivity contribution in [2.45, 2.75) is 20.3 Å². The fourth-order valence-electron chi connectivity index (χ4n) is 1.79. The molecule has 0 saturated heterocycles. The number of halogens is 1. The van der Waals surface area contributed by atoms with Crippen LogP contribution in [0.2, 0.25) is 5.02 Å². The van der Waals surface area contributed by atoms with Gasteiger partial charge in [-0.05, 0) is 18.4 Å². The Kier molecular flexibility index (Phi) is 3.38. The van der Waals surface area contributed by atoms with E-state index in [9.17, 15) is 0 Å². The fourth-order valence-corrected chi connectivity index (χ4v) is 2.02. The molecule has 0 aliphatic carbocycles. The van der Waals surface area contributed by atoms with Gasteiger partial charge in [0.25, 0.3) is 0 Å².